The average molecular weight is 271 g/mol. The van der Waals surface area contributed by atoms with Gasteiger partial charge >= 0.3 is 0 Å². The highest BCUT2D eigenvalue weighted by Crippen LogP contribution is 2.20. The quantitative estimate of drug-likeness (QED) is 0.820. The molecule has 0 aliphatic heterocycles. The summed E-state index contributed by atoms with van der Waals surface area (Å²) in [4.78, 5) is 0. The van der Waals surface area contributed by atoms with E-state index in [2.05, 4.69) is 43.4 Å². The summed E-state index contributed by atoms with van der Waals surface area (Å²) in [5.41, 5.74) is 3.55. The van der Waals surface area contributed by atoms with E-state index in [1.807, 2.05) is 6.07 Å². The van der Waals surface area contributed by atoms with Crippen LogP contribution in [-0.4, -0.2) is 6.54 Å². The Morgan fingerprint density at radius 3 is 2.60 bits per heavy atom. The van der Waals surface area contributed by atoms with E-state index in [1.54, 1.807) is 12.1 Å². The third-order valence-electron chi connectivity index (χ3n) is 3.41. The normalized spacial score (nSPS) is 12.3. The number of hydrogen-bond acceptors (Lipinski definition) is 1. The van der Waals surface area contributed by atoms with Gasteiger partial charge in [-0.15, -0.1) is 0 Å². The summed E-state index contributed by atoms with van der Waals surface area (Å²) in [6.45, 7) is 5.18. The molecule has 0 spiro atoms. The molecular weight excluding hydrogens is 249 g/mol. The van der Waals surface area contributed by atoms with Gasteiger partial charge in [0.15, 0.2) is 0 Å². The van der Waals surface area contributed by atoms with Crippen LogP contribution in [0, 0.1) is 12.7 Å². The zero-order chi connectivity index (χ0) is 14.4. The van der Waals surface area contributed by atoms with Crippen molar-refractivity contribution in [1.29, 1.82) is 0 Å². The first kappa shape index (κ1) is 14.7. The second kappa shape index (κ2) is 7.20. The smallest absolute Gasteiger partial charge is 0.123 e. The van der Waals surface area contributed by atoms with Gasteiger partial charge in [-0.25, -0.2) is 4.39 Å². The molecule has 0 saturated heterocycles. The standard InChI is InChI=1S/C18H22FN/c1-3-10-20-18(16-8-5-9-17(19)13-16)12-15-7-4-6-14(2)11-15/h4-9,11,13,18,20H,3,10,12H2,1-2H3. The molecule has 1 nitrogen and oxygen atoms in total. The minimum absolute atomic E-state index is 0.160. The molecule has 1 atom stereocenters. The van der Waals surface area contributed by atoms with Crippen LogP contribution in [0.1, 0.15) is 36.1 Å². The third-order valence-corrected chi connectivity index (χ3v) is 3.41. The van der Waals surface area contributed by atoms with Gasteiger partial charge in [0.2, 0.25) is 0 Å². The van der Waals surface area contributed by atoms with Crippen molar-refractivity contribution in [1.82, 2.24) is 5.32 Å². The fraction of sp³-hybridized carbons (Fsp3) is 0.333. The summed E-state index contributed by atoms with van der Waals surface area (Å²) in [5, 5.41) is 3.51. The van der Waals surface area contributed by atoms with Crippen LogP contribution in [0.2, 0.25) is 0 Å². The molecule has 1 N–H and O–H groups in total. The molecule has 20 heavy (non-hydrogen) atoms. The van der Waals surface area contributed by atoms with Gasteiger partial charge in [0.25, 0.3) is 0 Å². The van der Waals surface area contributed by atoms with Gasteiger partial charge < -0.3 is 5.32 Å². The Labute approximate surface area is 120 Å². The number of hydrogen-bond donors (Lipinski definition) is 1. The Hall–Kier alpha value is -1.67. The lowest BCUT2D eigenvalue weighted by molar-refractivity contribution is 0.524. The molecule has 2 heteroatoms. The van der Waals surface area contributed by atoms with Crippen molar-refractivity contribution in [3.05, 3.63) is 71.0 Å². The fourth-order valence-electron chi connectivity index (χ4n) is 2.42. The van der Waals surface area contributed by atoms with E-state index in [4.69, 9.17) is 0 Å². The second-order valence-electron chi connectivity index (χ2n) is 5.25. The SMILES string of the molecule is CCCNC(Cc1cccc(C)c1)c1cccc(F)c1. The molecule has 0 aromatic heterocycles. The molecule has 0 fully saturated rings. The average Bonchev–Trinajstić information content (AvgIpc) is 2.43. The highest BCUT2D eigenvalue weighted by atomic mass is 19.1. The highest BCUT2D eigenvalue weighted by molar-refractivity contribution is 5.27. The predicted molar refractivity (Wildman–Crippen MR) is 82.3 cm³/mol. The molecule has 0 aliphatic rings. The first-order valence-electron chi connectivity index (χ1n) is 7.23. The van der Waals surface area contributed by atoms with Gasteiger partial charge in [-0.3, -0.25) is 0 Å². The van der Waals surface area contributed by atoms with Crippen molar-refractivity contribution in [2.75, 3.05) is 6.54 Å². The van der Waals surface area contributed by atoms with Crippen LogP contribution < -0.4 is 5.32 Å². The minimum Gasteiger partial charge on any atom is -0.310 e. The predicted octanol–water partition coefficient (Wildman–Crippen LogP) is 4.42. The molecule has 0 heterocycles. The molecule has 0 amide bonds. The zero-order valence-electron chi connectivity index (χ0n) is 12.2. The lowest BCUT2D eigenvalue weighted by Crippen LogP contribution is -2.24. The Kier molecular flexibility index (Phi) is 5.31. The molecule has 0 radical (unpaired) electrons. The maximum atomic E-state index is 13.4. The van der Waals surface area contributed by atoms with Crippen LogP contribution in [0.3, 0.4) is 0 Å². The maximum absolute atomic E-state index is 13.4. The first-order valence-corrected chi connectivity index (χ1v) is 7.23. The van der Waals surface area contributed by atoms with Crippen molar-refractivity contribution in [2.24, 2.45) is 0 Å². The van der Waals surface area contributed by atoms with E-state index in [1.165, 1.54) is 17.2 Å². The van der Waals surface area contributed by atoms with E-state index in [0.717, 1.165) is 24.9 Å². The number of aryl methyl sites for hydroxylation is 1. The zero-order valence-corrected chi connectivity index (χ0v) is 12.2. The van der Waals surface area contributed by atoms with Crippen molar-refractivity contribution in [3.8, 4) is 0 Å². The summed E-state index contributed by atoms with van der Waals surface area (Å²) in [7, 11) is 0. The summed E-state index contributed by atoms with van der Waals surface area (Å²) in [6, 6.07) is 15.6. The van der Waals surface area contributed by atoms with Gasteiger partial charge in [0.1, 0.15) is 5.82 Å². The topological polar surface area (TPSA) is 12.0 Å². The molecule has 1 unspecified atom stereocenters. The van der Waals surface area contributed by atoms with Gasteiger partial charge in [-0.2, -0.15) is 0 Å². The van der Waals surface area contributed by atoms with Crippen LogP contribution in [-0.2, 0) is 6.42 Å². The van der Waals surface area contributed by atoms with Crippen molar-refractivity contribution >= 4 is 0 Å². The van der Waals surface area contributed by atoms with Gasteiger partial charge in [0.05, 0.1) is 0 Å². The summed E-state index contributed by atoms with van der Waals surface area (Å²) < 4.78 is 13.4. The van der Waals surface area contributed by atoms with Crippen molar-refractivity contribution in [2.45, 2.75) is 32.7 Å². The van der Waals surface area contributed by atoms with Gasteiger partial charge in [-0.05, 0) is 49.6 Å². The molecule has 0 aliphatic carbocycles. The number of nitrogens with one attached hydrogen (secondary N) is 1. The van der Waals surface area contributed by atoms with Crippen LogP contribution in [0.25, 0.3) is 0 Å². The molecule has 0 bridgehead atoms. The first-order chi connectivity index (χ1) is 9.69. The third kappa shape index (κ3) is 4.17. The van der Waals surface area contributed by atoms with Crippen molar-refractivity contribution < 1.29 is 4.39 Å². The number of rotatable bonds is 6. The van der Waals surface area contributed by atoms with E-state index in [-0.39, 0.29) is 11.9 Å². The lowest BCUT2D eigenvalue weighted by atomic mass is 9.97. The number of halogens is 1. The van der Waals surface area contributed by atoms with Crippen LogP contribution in [0.4, 0.5) is 4.39 Å². The molecule has 106 valence electrons. The molecule has 2 aromatic rings. The van der Waals surface area contributed by atoms with E-state index in [9.17, 15) is 4.39 Å². The number of benzene rings is 2. The van der Waals surface area contributed by atoms with Crippen molar-refractivity contribution in [3.63, 3.8) is 0 Å². The monoisotopic (exact) mass is 271 g/mol. The maximum Gasteiger partial charge on any atom is 0.123 e. The molecule has 0 saturated carbocycles. The fourth-order valence-corrected chi connectivity index (χ4v) is 2.42. The highest BCUT2D eigenvalue weighted by Gasteiger charge is 2.12. The largest absolute Gasteiger partial charge is 0.310 e. The minimum atomic E-state index is -0.171. The molecular formula is C18H22FN. The van der Waals surface area contributed by atoms with E-state index >= 15 is 0 Å². The Morgan fingerprint density at radius 2 is 1.90 bits per heavy atom. The van der Waals surface area contributed by atoms with Gasteiger partial charge in [0, 0.05) is 6.04 Å². The van der Waals surface area contributed by atoms with Crippen LogP contribution in [0.5, 0.6) is 0 Å². The Morgan fingerprint density at radius 1 is 1.10 bits per heavy atom. The van der Waals surface area contributed by atoms with Gasteiger partial charge in [-0.1, -0.05) is 48.9 Å². The summed E-state index contributed by atoms with van der Waals surface area (Å²) >= 11 is 0. The molecule has 2 aromatic carbocycles. The van der Waals surface area contributed by atoms with E-state index in [0.29, 0.717) is 0 Å². The van der Waals surface area contributed by atoms with Crippen LogP contribution in [0.15, 0.2) is 48.5 Å². The second-order valence-corrected chi connectivity index (χ2v) is 5.25. The lowest BCUT2D eigenvalue weighted by Gasteiger charge is -2.19. The summed E-state index contributed by atoms with van der Waals surface area (Å²) in [6.07, 6.45) is 1.95. The Balaban J connectivity index is 2.19. The Bertz CT molecular complexity index is 551. The van der Waals surface area contributed by atoms with Crippen LogP contribution >= 0.6 is 0 Å². The molecule has 2 rings (SSSR count). The van der Waals surface area contributed by atoms with E-state index < -0.39 is 0 Å². The summed E-state index contributed by atoms with van der Waals surface area (Å²) in [5.74, 6) is -0.171.